The number of nitrogens with zero attached hydrogens (tertiary/aromatic N) is 4. The first kappa shape index (κ1) is 15.0. The van der Waals surface area contributed by atoms with Crippen LogP contribution in [0.15, 0.2) is 12.4 Å². The van der Waals surface area contributed by atoms with Crippen molar-refractivity contribution in [2.75, 3.05) is 13.7 Å². The Kier molecular flexibility index (Phi) is 4.77. The molecule has 8 heteroatoms. The van der Waals surface area contributed by atoms with E-state index in [0.717, 1.165) is 17.0 Å². The second-order valence-corrected chi connectivity index (χ2v) is 4.91. The molecule has 7 nitrogen and oxygen atoms in total. The molecular weight excluding hydrogens is 280 g/mol. The SMILES string of the molecule is COCCn1ncc(Cl)c1C(NN)c1cnn(C)c1C. The van der Waals surface area contributed by atoms with Gasteiger partial charge in [0.2, 0.25) is 0 Å². The topological polar surface area (TPSA) is 82.9 Å². The summed E-state index contributed by atoms with van der Waals surface area (Å²) >= 11 is 6.26. The van der Waals surface area contributed by atoms with Gasteiger partial charge in [0.1, 0.15) is 0 Å². The van der Waals surface area contributed by atoms with Crippen LogP contribution >= 0.6 is 11.6 Å². The third kappa shape index (κ3) is 2.71. The Morgan fingerprint density at radius 3 is 2.75 bits per heavy atom. The third-order valence-electron chi connectivity index (χ3n) is 3.36. The Bertz CT molecular complexity index is 579. The second kappa shape index (κ2) is 6.36. The molecule has 0 aromatic carbocycles. The van der Waals surface area contributed by atoms with E-state index >= 15 is 0 Å². The number of nitrogens with two attached hydrogens (primary N) is 1. The molecule has 0 radical (unpaired) electrons. The fraction of sp³-hybridized carbons (Fsp3) is 0.500. The van der Waals surface area contributed by atoms with Crippen molar-refractivity contribution >= 4 is 11.6 Å². The molecule has 0 bridgehead atoms. The molecular formula is C12H19ClN6O. The number of hydrogen-bond acceptors (Lipinski definition) is 5. The van der Waals surface area contributed by atoms with Crippen LogP contribution in [-0.4, -0.2) is 33.3 Å². The summed E-state index contributed by atoms with van der Waals surface area (Å²) in [6, 6.07) is -0.268. The van der Waals surface area contributed by atoms with Gasteiger partial charge in [-0.3, -0.25) is 15.2 Å². The maximum Gasteiger partial charge on any atom is 0.0926 e. The Labute approximate surface area is 122 Å². The Morgan fingerprint density at radius 2 is 2.20 bits per heavy atom. The minimum absolute atomic E-state index is 0.268. The summed E-state index contributed by atoms with van der Waals surface area (Å²) in [5.74, 6) is 5.72. The van der Waals surface area contributed by atoms with Gasteiger partial charge in [-0.25, -0.2) is 5.43 Å². The molecule has 2 aromatic heterocycles. The van der Waals surface area contributed by atoms with Crippen LogP contribution in [0.1, 0.15) is 23.0 Å². The summed E-state index contributed by atoms with van der Waals surface area (Å²) in [5.41, 5.74) is 5.59. The summed E-state index contributed by atoms with van der Waals surface area (Å²) in [5, 5.41) is 9.07. The summed E-state index contributed by atoms with van der Waals surface area (Å²) in [6.07, 6.45) is 3.40. The monoisotopic (exact) mass is 298 g/mol. The zero-order chi connectivity index (χ0) is 14.7. The van der Waals surface area contributed by atoms with Gasteiger partial charge in [0.25, 0.3) is 0 Å². The van der Waals surface area contributed by atoms with E-state index in [-0.39, 0.29) is 6.04 Å². The molecule has 0 aliphatic heterocycles. The third-order valence-corrected chi connectivity index (χ3v) is 3.66. The van der Waals surface area contributed by atoms with Crippen LogP contribution in [0, 0.1) is 6.92 Å². The molecule has 0 aliphatic rings. The van der Waals surface area contributed by atoms with Crippen molar-refractivity contribution in [2.45, 2.75) is 19.5 Å². The first-order valence-corrected chi connectivity index (χ1v) is 6.62. The summed E-state index contributed by atoms with van der Waals surface area (Å²) in [6.45, 7) is 3.14. The van der Waals surface area contributed by atoms with Crippen LogP contribution in [0.25, 0.3) is 0 Å². The average Bonchev–Trinajstić information content (AvgIpc) is 2.96. The van der Waals surface area contributed by atoms with Gasteiger partial charge in [-0.05, 0) is 6.92 Å². The molecule has 0 saturated carbocycles. The van der Waals surface area contributed by atoms with E-state index in [0.29, 0.717) is 18.2 Å². The van der Waals surface area contributed by atoms with Crippen molar-refractivity contribution in [3.8, 4) is 0 Å². The normalized spacial score (nSPS) is 12.8. The number of methoxy groups -OCH3 is 1. The van der Waals surface area contributed by atoms with Crippen LogP contribution in [-0.2, 0) is 18.3 Å². The van der Waals surface area contributed by atoms with Crippen molar-refractivity contribution in [1.29, 1.82) is 0 Å². The highest BCUT2D eigenvalue weighted by Crippen LogP contribution is 2.29. The number of hydrogen-bond donors (Lipinski definition) is 2. The fourth-order valence-corrected chi connectivity index (χ4v) is 2.38. The van der Waals surface area contributed by atoms with Crippen LogP contribution in [0.2, 0.25) is 5.02 Å². The molecule has 0 fully saturated rings. The molecule has 1 atom stereocenters. The fourth-order valence-electron chi connectivity index (χ4n) is 2.13. The Balaban J connectivity index is 2.41. The molecule has 0 spiro atoms. The predicted octanol–water partition coefficient (Wildman–Crippen LogP) is 0.778. The van der Waals surface area contributed by atoms with Gasteiger partial charge in [0.05, 0.1) is 42.3 Å². The lowest BCUT2D eigenvalue weighted by Crippen LogP contribution is -2.31. The van der Waals surface area contributed by atoms with Gasteiger partial charge in [0.15, 0.2) is 0 Å². The molecule has 1 unspecified atom stereocenters. The summed E-state index contributed by atoms with van der Waals surface area (Å²) < 4.78 is 8.67. The van der Waals surface area contributed by atoms with Gasteiger partial charge < -0.3 is 4.74 Å². The molecule has 0 aliphatic carbocycles. The largest absolute Gasteiger partial charge is 0.383 e. The number of halogens is 1. The number of nitrogens with one attached hydrogen (secondary N) is 1. The lowest BCUT2D eigenvalue weighted by molar-refractivity contribution is 0.182. The molecule has 2 rings (SSSR count). The van der Waals surface area contributed by atoms with Crippen LogP contribution in [0.3, 0.4) is 0 Å². The number of aryl methyl sites for hydroxylation is 1. The molecule has 20 heavy (non-hydrogen) atoms. The number of rotatable bonds is 6. The number of hydrazine groups is 1. The highest BCUT2D eigenvalue weighted by atomic mass is 35.5. The molecule has 2 heterocycles. The second-order valence-electron chi connectivity index (χ2n) is 4.50. The quantitative estimate of drug-likeness (QED) is 0.608. The van der Waals surface area contributed by atoms with E-state index < -0.39 is 0 Å². The van der Waals surface area contributed by atoms with E-state index in [1.165, 1.54) is 0 Å². The molecule has 2 aromatic rings. The predicted molar refractivity (Wildman–Crippen MR) is 76.2 cm³/mol. The smallest absolute Gasteiger partial charge is 0.0926 e. The van der Waals surface area contributed by atoms with Gasteiger partial charge in [0, 0.05) is 25.4 Å². The van der Waals surface area contributed by atoms with E-state index in [4.69, 9.17) is 22.2 Å². The Morgan fingerprint density at radius 1 is 1.45 bits per heavy atom. The highest BCUT2D eigenvalue weighted by Gasteiger charge is 2.24. The minimum Gasteiger partial charge on any atom is -0.383 e. The molecule has 0 amide bonds. The standard InChI is InChI=1S/C12H19ClN6O/c1-8-9(6-15-18(8)2)11(17-14)12-10(13)7-16-19(12)4-5-20-3/h6-7,11,17H,4-5,14H2,1-3H3. The lowest BCUT2D eigenvalue weighted by Gasteiger charge is -2.18. The summed E-state index contributed by atoms with van der Waals surface area (Å²) in [7, 11) is 3.53. The van der Waals surface area contributed by atoms with E-state index in [9.17, 15) is 0 Å². The van der Waals surface area contributed by atoms with Gasteiger partial charge >= 0.3 is 0 Å². The maximum atomic E-state index is 6.26. The van der Waals surface area contributed by atoms with Crippen LogP contribution < -0.4 is 11.3 Å². The van der Waals surface area contributed by atoms with Crippen molar-refractivity contribution in [3.63, 3.8) is 0 Å². The zero-order valence-corrected chi connectivity index (χ0v) is 12.6. The molecule has 110 valence electrons. The summed E-state index contributed by atoms with van der Waals surface area (Å²) in [4.78, 5) is 0. The lowest BCUT2D eigenvalue weighted by atomic mass is 10.1. The zero-order valence-electron chi connectivity index (χ0n) is 11.8. The number of ether oxygens (including phenoxy) is 1. The van der Waals surface area contributed by atoms with Crippen molar-refractivity contribution in [1.82, 2.24) is 25.0 Å². The van der Waals surface area contributed by atoms with E-state index in [1.54, 1.807) is 28.9 Å². The first-order valence-electron chi connectivity index (χ1n) is 6.25. The van der Waals surface area contributed by atoms with Crippen LogP contribution in [0.4, 0.5) is 0 Å². The molecule has 0 saturated heterocycles. The first-order chi connectivity index (χ1) is 9.60. The van der Waals surface area contributed by atoms with Gasteiger partial charge in [-0.15, -0.1) is 0 Å². The van der Waals surface area contributed by atoms with Crippen LogP contribution in [0.5, 0.6) is 0 Å². The van der Waals surface area contributed by atoms with Crippen molar-refractivity contribution in [2.24, 2.45) is 12.9 Å². The maximum absolute atomic E-state index is 6.26. The van der Waals surface area contributed by atoms with Gasteiger partial charge in [-0.1, -0.05) is 11.6 Å². The van der Waals surface area contributed by atoms with E-state index in [2.05, 4.69) is 15.6 Å². The number of aromatic nitrogens is 4. The Hall–Kier alpha value is -1.41. The minimum atomic E-state index is -0.268. The van der Waals surface area contributed by atoms with Gasteiger partial charge in [-0.2, -0.15) is 10.2 Å². The van der Waals surface area contributed by atoms with Crippen molar-refractivity contribution in [3.05, 3.63) is 34.4 Å². The van der Waals surface area contributed by atoms with Crippen molar-refractivity contribution < 1.29 is 4.74 Å². The molecule has 3 N–H and O–H groups in total. The van der Waals surface area contributed by atoms with E-state index in [1.807, 2.05) is 14.0 Å². The average molecular weight is 299 g/mol. The highest BCUT2D eigenvalue weighted by molar-refractivity contribution is 6.31.